The highest BCUT2D eigenvalue weighted by atomic mass is 32.1. The lowest BCUT2D eigenvalue weighted by atomic mass is 9.94. The highest BCUT2D eigenvalue weighted by molar-refractivity contribution is 7.25. The Morgan fingerprint density at radius 1 is 0.500 bits per heavy atom. The molecule has 11 rings (SSSR count). The quantitative estimate of drug-likeness (QED) is 0.188. The molecule has 8 aromatic carbocycles. The molecule has 0 amide bonds. The average molecular weight is 684 g/mol. The van der Waals surface area contributed by atoms with E-state index in [2.05, 4.69) is 151 Å². The van der Waals surface area contributed by atoms with Crippen LogP contribution in [-0.4, -0.2) is 11.7 Å². The maximum atomic E-state index is 6.64. The predicted octanol–water partition coefficient (Wildman–Crippen LogP) is 12.4. The first kappa shape index (κ1) is 29.2. The van der Waals surface area contributed by atoms with Gasteiger partial charge in [-0.1, -0.05) is 127 Å². The minimum absolute atomic E-state index is 0.390. The third-order valence-corrected chi connectivity index (χ3v) is 11.5. The van der Waals surface area contributed by atoms with E-state index in [1.54, 1.807) is 0 Å². The van der Waals surface area contributed by atoms with Gasteiger partial charge in [-0.2, -0.15) is 0 Å². The SMILES string of the molecule is c1ccc(C2=NC(c3cc(-c4cccc5sc6ccccc6c45)cc4oc5ccccc5c34)=NC(c3cc4ccccc4c4ccccc34)N2)cc1. The van der Waals surface area contributed by atoms with E-state index in [4.69, 9.17) is 14.4 Å². The van der Waals surface area contributed by atoms with Gasteiger partial charge < -0.3 is 9.73 Å². The number of hydrogen-bond donors (Lipinski definition) is 1. The normalized spacial score (nSPS) is 14.7. The summed E-state index contributed by atoms with van der Waals surface area (Å²) in [6.45, 7) is 0. The Bertz CT molecular complexity index is 3120. The van der Waals surface area contributed by atoms with E-state index in [0.29, 0.717) is 5.84 Å². The Labute approximate surface area is 303 Å². The van der Waals surface area contributed by atoms with Crippen LogP contribution in [0.5, 0.6) is 0 Å². The van der Waals surface area contributed by atoms with Crippen molar-refractivity contribution in [1.82, 2.24) is 5.32 Å². The fourth-order valence-electron chi connectivity index (χ4n) is 7.98. The van der Waals surface area contributed by atoms with E-state index in [9.17, 15) is 0 Å². The van der Waals surface area contributed by atoms with Crippen molar-refractivity contribution < 1.29 is 4.42 Å². The largest absolute Gasteiger partial charge is 0.456 e. The fourth-order valence-corrected chi connectivity index (χ4v) is 9.12. The van der Waals surface area contributed by atoms with Crippen LogP contribution in [0.25, 0.3) is 74.8 Å². The van der Waals surface area contributed by atoms with Crippen molar-refractivity contribution in [3.05, 3.63) is 180 Å². The first-order chi connectivity index (χ1) is 25.8. The van der Waals surface area contributed by atoms with Crippen molar-refractivity contribution in [3.63, 3.8) is 0 Å². The maximum Gasteiger partial charge on any atom is 0.160 e. The molecule has 3 heterocycles. The number of amidine groups is 2. The molecule has 52 heavy (non-hydrogen) atoms. The Morgan fingerprint density at radius 2 is 1.21 bits per heavy atom. The van der Waals surface area contributed by atoms with Gasteiger partial charge in [0.1, 0.15) is 23.2 Å². The number of para-hydroxylation sites is 1. The topological polar surface area (TPSA) is 49.9 Å². The van der Waals surface area contributed by atoms with Gasteiger partial charge in [-0.15, -0.1) is 11.3 Å². The van der Waals surface area contributed by atoms with Crippen LogP contribution in [0.2, 0.25) is 0 Å². The van der Waals surface area contributed by atoms with E-state index < -0.39 is 6.17 Å². The summed E-state index contributed by atoms with van der Waals surface area (Å²) in [5.74, 6) is 1.45. The van der Waals surface area contributed by atoms with Crippen LogP contribution < -0.4 is 5.32 Å². The molecular weight excluding hydrogens is 655 g/mol. The second-order valence-corrected chi connectivity index (χ2v) is 14.4. The molecule has 1 N–H and O–H groups in total. The lowest BCUT2D eigenvalue weighted by Crippen LogP contribution is -2.33. The first-order valence-electron chi connectivity index (χ1n) is 17.5. The summed E-state index contributed by atoms with van der Waals surface area (Å²) < 4.78 is 9.18. The van der Waals surface area contributed by atoms with Crippen molar-refractivity contribution >= 4 is 86.7 Å². The van der Waals surface area contributed by atoms with Crippen LogP contribution in [0.15, 0.2) is 178 Å². The molecular formula is C47H29N3OS. The number of aliphatic imine (C=N–C) groups is 2. The van der Waals surface area contributed by atoms with Gasteiger partial charge in [0.25, 0.3) is 0 Å². The number of furan rings is 1. The van der Waals surface area contributed by atoms with Crippen LogP contribution in [0.1, 0.15) is 22.9 Å². The highest BCUT2D eigenvalue weighted by Gasteiger charge is 2.26. The molecule has 0 aliphatic carbocycles. The van der Waals surface area contributed by atoms with Crippen LogP contribution in [0.4, 0.5) is 0 Å². The van der Waals surface area contributed by atoms with Crippen molar-refractivity contribution in [2.45, 2.75) is 6.17 Å². The molecule has 0 bridgehead atoms. The van der Waals surface area contributed by atoms with Crippen LogP contribution in [0.3, 0.4) is 0 Å². The zero-order valence-electron chi connectivity index (χ0n) is 27.9. The predicted molar refractivity (Wildman–Crippen MR) is 219 cm³/mol. The highest BCUT2D eigenvalue weighted by Crippen LogP contribution is 2.43. The summed E-state index contributed by atoms with van der Waals surface area (Å²) in [7, 11) is 0. The number of nitrogens with one attached hydrogen (secondary N) is 1. The van der Waals surface area contributed by atoms with Crippen LogP contribution in [0, 0.1) is 0 Å². The number of hydrogen-bond acceptors (Lipinski definition) is 5. The van der Waals surface area contributed by atoms with Crippen LogP contribution >= 0.6 is 11.3 Å². The molecule has 0 saturated heterocycles. The van der Waals surface area contributed by atoms with Crippen molar-refractivity contribution in [2.24, 2.45) is 9.98 Å². The second-order valence-electron chi connectivity index (χ2n) is 13.3. The number of nitrogens with zero attached hydrogens (tertiary/aromatic N) is 2. The lowest BCUT2D eigenvalue weighted by Gasteiger charge is -2.25. The number of benzene rings is 8. The molecule has 0 saturated carbocycles. The summed E-state index contributed by atoms with van der Waals surface area (Å²) >= 11 is 1.83. The van der Waals surface area contributed by atoms with E-state index in [-0.39, 0.29) is 0 Å². The zero-order valence-corrected chi connectivity index (χ0v) is 28.7. The van der Waals surface area contributed by atoms with Crippen LogP contribution in [-0.2, 0) is 0 Å². The van der Waals surface area contributed by atoms with Gasteiger partial charge in [0, 0.05) is 47.6 Å². The second kappa shape index (κ2) is 11.5. The molecule has 1 unspecified atom stereocenters. The van der Waals surface area contributed by atoms with Crippen molar-refractivity contribution in [2.75, 3.05) is 0 Å². The first-order valence-corrected chi connectivity index (χ1v) is 18.3. The number of thiophene rings is 1. The Kier molecular flexibility index (Phi) is 6.45. The van der Waals surface area contributed by atoms with Gasteiger partial charge in [-0.25, -0.2) is 9.98 Å². The van der Waals surface area contributed by atoms with Gasteiger partial charge in [0.2, 0.25) is 0 Å². The van der Waals surface area contributed by atoms with E-state index >= 15 is 0 Å². The smallest absolute Gasteiger partial charge is 0.160 e. The van der Waals surface area contributed by atoms with E-state index in [0.717, 1.165) is 55.6 Å². The minimum atomic E-state index is -0.390. The Morgan fingerprint density at radius 3 is 2.10 bits per heavy atom. The van der Waals surface area contributed by atoms with Crippen molar-refractivity contribution in [3.8, 4) is 11.1 Å². The monoisotopic (exact) mass is 683 g/mol. The lowest BCUT2D eigenvalue weighted by molar-refractivity contribution is 0.669. The summed E-state index contributed by atoms with van der Waals surface area (Å²) in [5.41, 5.74) is 6.94. The molecule has 10 aromatic rings. The maximum absolute atomic E-state index is 6.64. The molecule has 0 spiro atoms. The molecule has 0 fully saturated rings. The molecule has 5 heteroatoms. The van der Waals surface area contributed by atoms with Gasteiger partial charge in [-0.05, 0) is 69.1 Å². The molecule has 1 aliphatic heterocycles. The minimum Gasteiger partial charge on any atom is -0.456 e. The summed E-state index contributed by atoms with van der Waals surface area (Å²) in [6, 6.07) is 57.9. The standard InChI is InChI=1S/C47H29N3OS/c1-2-13-28(14-3-1)45-48-46(37-25-29-15-4-5-16-31(29)33-17-6-7-18-34(33)37)50-47(49-45)38-26-30(27-40-43(38)35-19-8-10-22-39(35)51-40)32-21-12-24-42-44(32)36-20-9-11-23-41(36)52-42/h1-27,46H,(H,48,49,50). The third kappa shape index (κ3) is 4.53. The van der Waals surface area contributed by atoms with Gasteiger partial charge >= 0.3 is 0 Å². The number of fused-ring (bicyclic) bond motifs is 9. The molecule has 4 nitrogen and oxygen atoms in total. The molecule has 244 valence electrons. The van der Waals surface area contributed by atoms with Gasteiger partial charge in [-0.3, -0.25) is 0 Å². The van der Waals surface area contributed by atoms with Crippen molar-refractivity contribution in [1.29, 1.82) is 0 Å². The summed E-state index contributed by atoms with van der Waals surface area (Å²) in [4.78, 5) is 10.8. The third-order valence-electron chi connectivity index (χ3n) is 10.3. The fraction of sp³-hybridized carbons (Fsp3) is 0.0213. The molecule has 1 atom stereocenters. The average Bonchev–Trinajstić information content (AvgIpc) is 3.79. The summed E-state index contributed by atoms with van der Waals surface area (Å²) in [5, 5.41) is 13.1. The van der Waals surface area contributed by atoms with Gasteiger partial charge in [0.15, 0.2) is 5.84 Å². The van der Waals surface area contributed by atoms with E-state index in [1.807, 2.05) is 29.5 Å². The molecule has 0 radical (unpaired) electrons. The zero-order chi connectivity index (χ0) is 34.2. The van der Waals surface area contributed by atoms with E-state index in [1.165, 1.54) is 41.7 Å². The van der Waals surface area contributed by atoms with Gasteiger partial charge in [0.05, 0.1) is 0 Å². The molecule has 2 aromatic heterocycles. The number of rotatable bonds is 4. The Balaban J connectivity index is 1.21. The molecule has 1 aliphatic rings. The Hall–Kier alpha value is -6.56. The summed E-state index contributed by atoms with van der Waals surface area (Å²) in [6.07, 6.45) is -0.390.